The molecule has 3 N–H and O–H groups in total. The van der Waals surface area contributed by atoms with Crippen LogP contribution in [0.1, 0.15) is 48.7 Å². The van der Waals surface area contributed by atoms with Gasteiger partial charge in [-0.2, -0.15) is 0 Å². The van der Waals surface area contributed by atoms with Crippen molar-refractivity contribution in [3.8, 4) is 0 Å². The molecular formula is C17H22N4OS. The quantitative estimate of drug-likeness (QED) is 0.763. The number of hydrogen-bond acceptors (Lipinski definition) is 4. The lowest BCUT2D eigenvalue weighted by Gasteiger charge is -2.10. The van der Waals surface area contributed by atoms with Crippen LogP contribution in [-0.2, 0) is 11.2 Å². The number of primary amides is 1. The van der Waals surface area contributed by atoms with Gasteiger partial charge in [0.25, 0.3) is 0 Å². The number of hydrogen-bond donors (Lipinski definition) is 2. The van der Waals surface area contributed by atoms with Gasteiger partial charge in [-0.1, -0.05) is 67.8 Å². The molecule has 3 rings (SSSR count). The van der Waals surface area contributed by atoms with Gasteiger partial charge < -0.3 is 5.73 Å². The number of benzene rings is 1. The maximum absolute atomic E-state index is 11.7. The molecule has 0 spiro atoms. The van der Waals surface area contributed by atoms with Crippen LogP contribution in [0.3, 0.4) is 0 Å². The number of carbonyl (C=O) groups excluding carboxylic acids is 1. The van der Waals surface area contributed by atoms with E-state index in [0.29, 0.717) is 5.16 Å². The Morgan fingerprint density at radius 1 is 1.30 bits per heavy atom. The highest BCUT2D eigenvalue weighted by molar-refractivity contribution is 8.00. The second kappa shape index (κ2) is 7.64. The van der Waals surface area contributed by atoms with Crippen molar-refractivity contribution in [2.45, 2.75) is 48.9 Å². The smallest absolute Gasteiger partial charge is 0.235 e. The standard InChI is InChI=1S/C17H22N4OS/c18-16(22)15(13-8-2-1-3-9-13)23-17-19-14(20-21-17)11-10-12-6-4-5-7-12/h1-3,8-9,12,15H,4-7,10-11H2,(H2,18,22)(H,19,20,21). The molecule has 0 aliphatic heterocycles. The zero-order chi connectivity index (χ0) is 16.1. The zero-order valence-corrected chi connectivity index (χ0v) is 13.9. The van der Waals surface area contributed by atoms with Crippen LogP contribution in [-0.4, -0.2) is 21.1 Å². The van der Waals surface area contributed by atoms with E-state index in [9.17, 15) is 4.79 Å². The van der Waals surface area contributed by atoms with Gasteiger partial charge in [-0.25, -0.2) is 4.98 Å². The molecule has 1 heterocycles. The first-order valence-corrected chi connectivity index (χ1v) is 9.02. The lowest BCUT2D eigenvalue weighted by atomic mass is 10.0. The maximum atomic E-state index is 11.7. The average molecular weight is 330 g/mol. The van der Waals surface area contributed by atoms with Crippen LogP contribution in [0.4, 0.5) is 0 Å². The van der Waals surface area contributed by atoms with E-state index in [0.717, 1.165) is 30.1 Å². The molecule has 1 aromatic heterocycles. The molecular weight excluding hydrogens is 308 g/mol. The average Bonchev–Trinajstić information content (AvgIpc) is 3.23. The third-order valence-electron chi connectivity index (χ3n) is 4.36. The highest BCUT2D eigenvalue weighted by Gasteiger charge is 2.22. The number of carbonyl (C=O) groups is 1. The van der Waals surface area contributed by atoms with Crippen LogP contribution < -0.4 is 5.73 Å². The van der Waals surface area contributed by atoms with Crippen LogP contribution in [0.15, 0.2) is 35.5 Å². The summed E-state index contributed by atoms with van der Waals surface area (Å²) in [5.74, 6) is 1.35. The third-order valence-corrected chi connectivity index (χ3v) is 5.49. The number of nitrogens with one attached hydrogen (secondary N) is 1. The minimum absolute atomic E-state index is 0.376. The fourth-order valence-corrected chi connectivity index (χ4v) is 3.99. The fourth-order valence-electron chi connectivity index (χ4n) is 3.11. The topological polar surface area (TPSA) is 84.7 Å². The van der Waals surface area contributed by atoms with Gasteiger partial charge in [0.05, 0.1) is 0 Å². The first-order valence-electron chi connectivity index (χ1n) is 8.14. The Labute approximate surface area is 140 Å². The zero-order valence-electron chi connectivity index (χ0n) is 13.1. The van der Waals surface area contributed by atoms with E-state index >= 15 is 0 Å². The van der Waals surface area contributed by atoms with Crippen LogP contribution in [0, 0.1) is 5.92 Å². The van der Waals surface area contributed by atoms with Crippen molar-refractivity contribution < 1.29 is 4.79 Å². The van der Waals surface area contributed by atoms with E-state index in [2.05, 4.69) is 15.2 Å². The summed E-state index contributed by atoms with van der Waals surface area (Å²) in [6.07, 6.45) is 7.49. The van der Waals surface area contributed by atoms with E-state index in [1.165, 1.54) is 37.4 Å². The molecule has 0 saturated heterocycles. The van der Waals surface area contributed by atoms with Gasteiger partial charge in [-0.3, -0.25) is 9.89 Å². The molecule has 1 amide bonds. The van der Waals surface area contributed by atoms with Crippen LogP contribution in [0.2, 0.25) is 0 Å². The highest BCUT2D eigenvalue weighted by atomic mass is 32.2. The summed E-state index contributed by atoms with van der Waals surface area (Å²) >= 11 is 1.30. The van der Waals surface area contributed by atoms with Crippen LogP contribution >= 0.6 is 11.8 Å². The summed E-state index contributed by atoms with van der Waals surface area (Å²) < 4.78 is 0. The molecule has 6 heteroatoms. The number of rotatable bonds is 7. The Hall–Kier alpha value is -1.82. The number of H-pyrrole nitrogens is 1. The SMILES string of the molecule is NC(=O)C(Sc1n[nH]c(CCC2CCCC2)n1)c1ccccc1. The van der Waals surface area contributed by atoms with Gasteiger partial charge in [0, 0.05) is 6.42 Å². The predicted molar refractivity (Wildman–Crippen MR) is 90.9 cm³/mol. The second-order valence-electron chi connectivity index (χ2n) is 6.06. The maximum Gasteiger partial charge on any atom is 0.235 e. The van der Waals surface area contributed by atoms with Crippen LogP contribution in [0.5, 0.6) is 0 Å². The number of thioether (sulfide) groups is 1. The summed E-state index contributed by atoms with van der Waals surface area (Å²) in [5.41, 5.74) is 6.42. The third kappa shape index (κ3) is 4.34. The molecule has 1 aliphatic carbocycles. The van der Waals surface area contributed by atoms with E-state index in [1.807, 2.05) is 30.3 Å². The molecule has 122 valence electrons. The van der Waals surface area contributed by atoms with Gasteiger partial charge in [-0.15, -0.1) is 5.10 Å². The van der Waals surface area contributed by atoms with E-state index in [1.54, 1.807) is 0 Å². The molecule has 0 radical (unpaired) electrons. The van der Waals surface area contributed by atoms with Crippen molar-refractivity contribution in [3.05, 3.63) is 41.7 Å². The summed E-state index contributed by atoms with van der Waals surface area (Å²) in [4.78, 5) is 16.3. The van der Waals surface area contributed by atoms with Gasteiger partial charge in [0.15, 0.2) is 0 Å². The normalized spacial score (nSPS) is 16.5. The van der Waals surface area contributed by atoms with Crippen LogP contribution in [0.25, 0.3) is 0 Å². The molecule has 1 aliphatic rings. The number of aromatic nitrogens is 3. The lowest BCUT2D eigenvalue weighted by molar-refractivity contribution is -0.117. The highest BCUT2D eigenvalue weighted by Crippen LogP contribution is 2.33. The summed E-state index contributed by atoms with van der Waals surface area (Å²) in [6.45, 7) is 0. The Morgan fingerprint density at radius 2 is 2.04 bits per heavy atom. The Balaban J connectivity index is 1.61. The molecule has 1 unspecified atom stereocenters. The second-order valence-corrected chi connectivity index (χ2v) is 7.14. The van der Waals surface area contributed by atoms with Crippen molar-refractivity contribution in [2.24, 2.45) is 11.7 Å². The first kappa shape index (κ1) is 16.1. The van der Waals surface area contributed by atoms with Crippen molar-refractivity contribution in [3.63, 3.8) is 0 Å². The molecule has 1 aromatic carbocycles. The van der Waals surface area contributed by atoms with Crippen molar-refractivity contribution in [1.82, 2.24) is 15.2 Å². The molecule has 1 atom stereocenters. The molecule has 2 aromatic rings. The molecule has 5 nitrogen and oxygen atoms in total. The number of aryl methyl sites for hydroxylation is 1. The molecule has 1 saturated carbocycles. The molecule has 0 bridgehead atoms. The Kier molecular flexibility index (Phi) is 5.33. The number of aromatic amines is 1. The summed E-state index contributed by atoms with van der Waals surface area (Å²) in [7, 11) is 0. The van der Waals surface area contributed by atoms with Crippen molar-refractivity contribution >= 4 is 17.7 Å². The predicted octanol–water partition coefficient (Wildman–Crippen LogP) is 3.25. The van der Waals surface area contributed by atoms with Gasteiger partial charge in [-0.05, 0) is 17.9 Å². The van der Waals surface area contributed by atoms with Gasteiger partial charge in [0.2, 0.25) is 11.1 Å². The summed E-state index contributed by atoms with van der Waals surface area (Å²) in [6, 6.07) is 9.51. The molecule has 23 heavy (non-hydrogen) atoms. The summed E-state index contributed by atoms with van der Waals surface area (Å²) in [5, 5.41) is 7.34. The lowest BCUT2D eigenvalue weighted by Crippen LogP contribution is -2.19. The van der Waals surface area contributed by atoms with Gasteiger partial charge >= 0.3 is 0 Å². The first-order chi connectivity index (χ1) is 11.2. The van der Waals surface area contributed by atoms with Crippen molar-refractivity contribution in [2.75, 3.05) is 0 Å². The minimum Gasteiger partial charge on any atom is -0.368 e. The number of amides is 1. The number of nitrogens with two attached hydrogens (primary N) is 1. The van der Waals surface area contributed by atoms with Crippen molar-refractivity contribution in [1.29, 1.82) is 0 Å². The van der Waals surface area contributed by atoms with E-state index in [-0.39, 0.29) is 5.91 Å². The van der Waals surface area contributed by atoms with E-state index < -0.39 is 5.25 Å². The monoisotopic (exact) mass is 330 g/mol. The number of nitrogens with zero attached hydrogens (tertiary/aromatic N) is 2. The molecule has 1 fully saturated rings. The fraction of sp³-hybridized carbons (Fsp3) is 0.471. The van der Waals surface area contributed by atoms with Gasteiger partial charge in [0.1, 0.15) is 11.1 Å². The largest absolute Gasteiger partial charge is 0.368 e. The van der Waals surface area contributed by atoms with E-state index in [4.69, 9.17) is 5.73 Å². The Morgan fingerprint density at radius 3 is 2.74 bits per heavy atom. The Bertz CT molecular complexity index is 637. The minimum atomic E-state index is -0.463.